The van der Waals surface area contributed by atoms with Crippen molar-refractivity contribution in [2.24, 2.45) is 0 Å². The van der Waals surface area contributed by atoms with E-state index in [2.05, 4.69) is 55.0 Å². The number of nitrogens with one attached hydrogen (secondary N) is 2. The summed E-state index contributed by atoms with van der Waals surface area (Å²) in [7, 11) is 0. The van der Waals surface area contributed by atoms with Crippen LogP contribution < -0.4 is 10.6 Å². The summed E-state index contributed by atoms with van der Waals surface area (Å²) in [4.78, 5) is 19.3. The Morgan fingerprint density at radius 1 is 0.792 bits per heavy atom. The van der Waals surface area contributed by atoms with Gasteiger partial charge in [-0.2, -0.15) is 0 Å². The van der Waals surface area contributed by atoms with E-state index in [0.717, 1.165) is 49.9 Å². The van der Waals surface area contributed by atoms with Gasteiger partial charge in [0.1, 0.15) is 5.76 Å². The van der Waals surface area contributed by atoms with E-state index in [0.29, 0.717) is 60.6 Å². The monoisotopic (exact) mass is 726 g/mol. The molecule has 2 aromatic carbocycles. The maximum absolute atomic E-state index is 12.2. The number of rotatable bonds is 12. The molecule has 0 atom stereocenters. The molecule has 2 saturated carbocycles. The van der Waals surface area contributed by atoms with E-state index >= 15 is 0 Å². The van der Waals surface area contributed by atoms with Crippen LogP contribution in [-0.2, 0) is 29.1 Å². The summed E-state index contributed by atoms with van der Waals surface area (Å²) in [5.41, 5.74) is 4.35. The Labute approximate surface area is 314 Å². The highest BCUT2D eigenvalue weighted by molar-refractivity contribution is 5.96. The highest BCUT2D eigenvalue weighted by atomic mass is 16.5. The third-order valence-electron chi connectivity index (χ3n) is 10.5. The first-order chi connectivity index (χ1) is 26.1. The molecule has 1 saturated heterocycles. The van der Waals surface area contributed by atoms with Crippen molar-refractivity contribution in [2.45, 2.75) is 123 Å². The molecule has 0 spiro atoms. The Kier molecular flexibility index (Phi) is 15.0. The van der Waals surface area contributed by atoms with Gasteiger partial charge in [-0.25, -0.2) is 9.78 Å². The predicted octanol–water partition coefficient (Wildman–Crippen LogP) is 8.02. The van der Waals surface area contributed by atoms with Crippen molar-refractivity contribution in [1.29, 1.82) is 0 Å². The minimum atomic E-state index is -0.350. The normalized spacial score (nSPS) is 17.8. The molecule has 11 nitrogen and oxygen atoms in total. The van der Waals surface area contributed by atoms with Gasteiger partial charge in [0, 0.05) is 43.8 Å². The summed E-state index contributed by atoms with van der Waals surface area (Å²) >= 11 is 0. The van der Waals surface area contributed by atoms with Crippen LogP contribution in [0.15, 0.2) is 57.4 Å². The fraction of sp³-hybridized carbons (Fsp3) is 0.571. The molecule has 2 aliphatic carbocycles. The molecule has 11 heteroatoms. The molecular weight excluding hydrogens is 668 g/mol. The summed E-state index contributed by atoms with van der Waals surface area (Å²) in [6.07, 6.45) is 15.6. The summed E-state index contributed by atoms with van der Waals surface area (Å²) in [6, 6.07) is 16.9. The number of aryl methyl sites for hydroxylation is 1. The number of carbonyl (C=O) groups is 1. The first-order valence-electron chi connectivity index (χ1n) is 20.0. The lowest BCUT2D eigenvalue weighted by Gasteiger charge is -2.26. The molecule has 3 aliphatic rings. The molecule has 0 bridgehead atoms. The summed E-state index contributed by atoms with van der Waals surface area (Å²) < 4.78 is 22.3. The van der Waals surface area contributed by atoms with Gasteiger partial charge in [0.05, 0.1) is 43.2 Å². The number of oxazole rings is 1. The average Bonchev–Trinajstić information content (AvgIpc) is 3.59. The van der Waals surface area contributed by atoms with E-state index in [9.17, 15) is 4.79 Å². The van der Waals surface area contributed by atoms with Gasteiger partial charge in [-0.05, 0) is 69.4 Å². The van der Waals surface area contributed by atoms with Gasteiger partial charge in [-0.3, -0.25) is 4.90 Å². The van der Waals surface area contributed by atoms with Gasteiger partial charge in [0.2, 0.25) is 17.7 Å². The SMILES string of the molecule is CCOC(=O)c1ccccc1-c1nc(CNC2CCCCCC2)c(C)o1.c1cc(-c2nnc(CNC3CCCCCC3)o2)ccc1CN1CCOCC1. The summed E-state index contributed by atoms with van der Waals surface area (Å²) in [5.74, 6) is 2.19. The molecule has 0 unspecified atom stereocenters. The second-order valence-corrected chi connectivity index (χ2v) is 14.5. The smallest absolute Gasteiger partial charge is 0.338 e. The van der Waals surface area contributed by atoms with Crippen LogP contribution in [0.5, 0.6) is 0 Å². The standard InChI is InChI=1S/C21H30N4O2.C21H28N2O3/c1-2-4-6-19(5-3-1)22-15-20-23-24-21(27-20)18-9-7-17(8-10-18)16-25-11-13-26-14-12-25;1-3-25-21(24)18-13-9-8-12-17(18)20-23-19(15(2)26-20)14-22-16-10-6-4-5-7-11-16/h7-10,19,22H,1-6,11-16H2;8-9,12-13,16,22H,3-7,10-11,14H2,1-2H3. The Morgan fingerprint density at radius 2 is 1.43 bits per heavy atom. The number of esters is 1. The zero-order valence-corrected chi connectivity index (χ0v) is 31.7. The highest BCUT2D eigenvalue weighted by Gasteiger charge is 2.20. The number of nitrogens with zero attached hydrogens (tertiary/aromatic N) is 4. The quantitative estimate of drug-likeness (QED) is 0.109. The number of benzene rings is 2. The number of aromatic nitrogens is 3. The van der Waals surface area contributed by atoms with Crippen molar-refractivity contribution >= 4 is 5.97 Å². The highest BCUT2D eigenvalue weighted by Crippen LogP contribution is 2.27. The van der Waals surface area contributed by atoms with Crippen molar-refractivity contribution in [3.05, 3.63) is 77.0 Å². The molecule has 0 amide bonds. The van der Waals surface area contributed by atoms with Gasteiger partial charge in [0.15, 0.2) is 0 Å². The van der Waals surface area contributed by atoms with Gasteiger partial charge in [0.25, 0.3) is 0 Å². The molecule has 2 aromatic heterocycles. The molecule has 53 heavy (non-hydrogen) atoms. The van der Waals surface area contributed by atoms with Crippen LogP contribution in [0.3, 0.4) is 0 Å². The minimum absolute atomic E-state index is 0.342. The number of hydrogen-bond acceptors (Lipinski definition) is 11. The zero-order chi connectivity index (χ0) is 36.7. The van der Waals surface area contributed by atoms with Gasteiger partial charge in [-0.1, -0.05) is 75.6 Å². The van der Waals surface area contributed by atoms with Crippen LogP contribution in [0.2, 0.25) is 0 Å². The number of carbonyl (C=O) groups excluding carboxylic acids is 1. The van der Waals surface area contributed by atoms with E-state index in [4.69, 9.17) is 18.3 Å². The van der Waals surface area contributed by atoms with Crippen LogP contribution in [-0.4, -0.2) is 71.0 Å². The molecule has 3 heterocycles. The van der Waals surface area contributed by atoms with Crippen LogP contribution in [0.25, 0.3) is 22.9 Å². The second-order valence-electron chi connectivity index (χ2n) is 14.5. The second kappa shape index (κ2) is 20.5. The topological polar surface area (TPSA) is 128 Å². The first-order valence-corrected chi connectivity index (χ1v) is 20.0. The predicted molar refractivity (Wildman–Crippen MR) is 205 cm³/mol. The van der Waals surface area contributed by atoms with E-state index < -0.39 is 0 Å². The van der Waals surface area contributed by atoms with E-state index in [1.165, 1.54) is 82.6 Å². The molecule has 3 fully saturated rings. The fourth-order valence-corrected chi connectivity index (χ4v) is 7.42. The van der Waals surface area contributed by atoms with Crippen LogP contribution in [0.4, 0.5) is 0 Å². The Bertz CT molecular complexity index is 1670. The average molecular weight is 727 g/mol. The van der Waals surface area contributed by atoms with Gasteiger partial charge in [-0.15, -0.1) is 10.2 Å². The molecule has 4 aromatic rings. The molecule has 1 aliphatic heterocycles. The van der Waals surface area contributed by atoms with Crippen LogP contribution in [0.1, 0.15) is 117 Å². The third kappa shape index (κ3) is 11.8. The lowest BCUT2D eigenvalue weighted by molar-refractivity contribution is 0.0342. The molecule has 7 rings (SSSR count). The van der Waals surface area contributed by atoms with E-state index in [-0.39, 0.29) is 5.97 Å². The number of hydrogen-bond donors (Lipinski definition) is 2. The lowest BCUT2D eigenvalue weighted by Crippen LogP contribution is -2.35. The van der Waals surface area contributed by atoms with Crippen molar-refractivity contribution in [1.82, 2.24) is 30.7 Å². The van der Waals surface area contributed by atoms with Crippen molar-refractivity contribution in [3.63, 3.8) is 0 Å². The number of ether oxygens (including phenoxy) is 2. The van der Waals surface area contributed by atoms with Crippen LogP contribution >= 0.6 is 0 Å². The fourth-order valence-electron chi connectivity index (χ4n) is 7.42. The van der Waals surface area contributed by atoms with E-state index in [1.54, 1.807) is 13.0 Å². The summed E-state index contributed by atoms with van der Waals surface area (Å²) in [6.45, 7) is 10.0. The Morgan fingerprint density at radius 3 is 2.09 bits per heavy atom. The van der Waals surface area contributed by atoms with Crippen LogP contribution in [0, 0.1) is 6.92 Å². The molecular formula is C42H58N6O5. The molecule has 2 N–H and O–H groups in total. The lowest BCUT2D eigenvalue weighted by atomic mass is 10.1. The van der Waals surface area contributed by atoms with Gasteiger partial charge < -0.3 is 28.9 Å². The van der Waals surface area contributed by atoms with Crippen molar-refractivity contribution in [2.75, 3.05) is 32.9 Å². The Hall–Kier alpha value is -3.90. The van der Waals surface area contributed by atoms with Crippen molar-refractivity contribution in [3.8, 4) is 22.9 Å². The largest absolute Gasteiger partial charge is 0.462 e. The third-order valence-corrected chi connectivity index (χ3v) is 10.5. The van der Waals surface area contributed by atoms with Crippen molar-refractivity contribution < 1.29 is 23.1 Å². The Balaban J connectivity index is 0.000000182. The summed E-state index contributed by atoms with van der Waals surface area (Å²) in [5, 5.41) is 15.7. The van der Waals surface area contributed by atoms with Gasteiger partial charge >= 0.3 is 5.97 Å². The first kappa shape index (κ1) is 38.8. The van der Waals surface area contributed by atoms with E-state index in [1.807, 2.05) is 25.1 Å². The minimum Gasteiger partial charge on any atom is -0.462 e. The molecule has 286 valence electrons. The maximum atomic E-state index is 12.2. The number of morpholine rings is 1. The zero-order valence-electron chi connectivity index (χ0n) is 31.7. The molecule has 0 radical (unpaired) electrons. The maximum Gasteiger partial charge on any atom is 0.338 e.